The molecule has 2 aromatic rings. The molecular weight excluding hydrogens is 686 g/mol. The summed E-state index contributed by atoms with van der Waals surface area (Å²) in [6, 6.07) is 14.2. The van der Waals surface area contributed by atoms with E-state index in [9.17, 15) is 16.8 Å². The van der Waals surface area contributed by atoms with Crippen molar-refractivity contribution in [2.75, 3.05) is 51.8 Å². The number of rotatable bonds is 23. The van der Waals surface area contributed by atoms with Gasteiger partial charge >= 0.3 is 0 Å². The number of nitrogens with one attached hydrogen (secondary N) is 4. The molecule has 0 aliphatic rings. The van der Waals surface area contributed by atoms with E-state index in [0.29, 0.717) is 9.79 Å². The molecule has 8 nitrogen and oxygen atoms in total. The van der Waals surface area contributed by atoms with Crippen molar-refractivity contribution in [2.24, 2.45) is 0 Å². The van der Waals surface area contributed by atoms with Crippen LogP contribution in [0.25, 0.3) is 0 Å². The van der Waals surface area contributed by atoms with Crippen LogP contribution >= 0.6 is 49.6 Å². The molecule has 0 heterocycles. The highest BCUT2D eigenvalue weighted by Crippen LogP contribution is 2.11. The Balaban J connectivity index is -0.00000420. The summed E-state index contributed by atoms with van der Waals surface area (Å²) in [4.78, 5) is 0.731. The third-order valence-electron chi connectivity index (χ3n) is 6.73. The highest BCUT2D eigenvalue weighted by Gasteiger charge is 2.06. The van der Waals surface area contributed by atoms with Gasteiger partial charge in [0, 0.05) is 25.6 Å². The lowest BCUT2D eigenvalue weighted by molar-refractivity contribution is 0.534. The second-order valence-electron chi connectivity index (χ2n) is 10.5. The molecule has 0 atom stereocenters. The Bertz CT molecular complexity index is 1080. The number of unbranched alkanes of at least 4 members (excludes halogenated alkanes) is 5. The maximum absolute atomic E-state index is 11.5. The van der Waals surface area contributed by atoms with Gasteiger partial charge in [-0.05, 0) is 100 Å². The van der Waals surface area contributed by atoms with E-state index in [2.05, 4.69) is 21.3 Å². The Kier molecular flexibility index (Phi) is 29.8. The lowest BCUT2D eigenvalue weighted by atomic mass is 10.1. The van der Waals surface area contributed by atoms with E-state index in [1.165, 1.54) is 51.0 Å². The van der Waals surface area contributed by atoms with E-state index in [1.807, 2.05) is 24.3 Å². The van der Waals surface area contributed by atoms with E-state index in [-0.39, 0.29) is 49.6 Å². The van der Waals surface area contributed by atoms with Crippen molar-refractivity contribution in [1.82, 2.24) is 21.3 Å². The molecule has 2 rings (SSSR count). The van der Waals surface area contributed by atoms with E-state index < -0.39 is 19.7 Å². The number of hydrogen-bond donors (Lipinski definition) is 4. The SMILES string of the molecule is CS(=O)(=O)c1ccc(CNCCCNCCCCCCCCNCCCNCc2ccc(S(C)(=O)=O)cc2)cc1.Cl.Cl.Cl.Cl. The molecule has 0 spiro atoms. The predicted molar refractivity (Wildman–Crippen MR) is 194 cm³/mol. The van der Waals surface area contributed by atoms with E-state index in [1.54, 1.807) is 24.3 Å². The lowest BCUT2D eigenvalue weighted by Gasteiger charge is -2.08. The topological polar surface area (TPSA) is 116 Å². The van der Waals surface area contributed by atoms with Gasteiger partial charge in [0.05, 0.1) is 9.79 Å². The molecule has 0 unspecified atom stereocenters. The molecule has 0 aliphatic heterocycles. The summed E-state index contributed by atoms with van der Waals surface area (Å²) in [7, 11) is -6.25. The van der Waals surface area contributed by atoms with Gasteiger partial charge in [-0.3, -0.25) is 0 Å². The number of benzene rings is 2. The summed E-state index contributed by atoms with van der Waals surface area (Å²) in [5, 5.41) is 13.9. The van der Waals surface area contributed by atoms with Crippen LogP contribution in [0.4, 0.5) is 0 Å². The van der Waals surface area contributed by atoms with Gasteiger partial charge in [0.1, 0.15) is 0 Å². The number of sulfone groups is 2. The zero-order chi connectivity index (χ0) is 29.1. The molecule has 258 valence electrons. The minimum absolute atomic E-state index is 0. The monoisotopic (exact) mass is 738 g/mol. The van der Waals surface area contributed by atoms with Crippen LogP contribution in [0.5, 0.6) is 0 Å². The van der Waals surface area contributed by atoms with Crippen LogP contribution in [0, 0.1) is 0 Å². The summed E-state index contributed by atoms with van der Waals surface area (Å²) >= 11 is 0. The summed E-state index contributed by atoms with van der Waals surface area (Å²) < 4.78 is 46.0. The minimum atomic E-state index is -3.13. The fraction of sp³-hybridized carbons (Fsp3) is 0.600. The van der Waals surface area contributed by atoms with Crippen LogP contribution in [-0.4, -0.2) is 68.6 Å². The van der Waals surface area contributed by atoms with Gasteiger partial charge in [0.2, 0.25) is 0 Å². The molecule has 14 heteroatoms. The second kappa shape index (κ2) is 27.5. The maximum atomic E-state index is 11.5. The van der Waals surface area contributed by atoms with E-state index in [0.717, 1.165) is 76.3 Å². The van der Waals surface area contributed by atoms with E-state index in [4.69, 9.17) is 0 Å². The third kappa shape index (κ3) is 22.8. The Hall–Kier alpha value is -0.660. The Labute approximate surface area is 291 Å². The Morgan fingerprint density at radius 2 is 0.682 bits per heavy atom. The average Bonchev–Trinajstić information content (AvgIpc) is 2.91. The van der Waals surface area contributed by atoms with Gasteiger partial charge in [-0.15, -0.1) is 49.6 Å². The molecule has 0 aromatic heterocycles. The minimum Gasteiger partial charge on any atom is -0.317 e. The van der Waals surface area contributed by atoms with Gasteiger partial charge in [0.25, 0.3) is 0 Å². The zero-order valence-electron chi connectivity index (χ0n) is 26.0. The molecule has 4 N–H and O–H groups in total. The molecule has 44 heavy (non-hydrogen) atoms. The molecular formula is C30H54Cl4N4O4S2. The first-order chi connectivity index (χ1) is 19.2. The number of hydrogen-bond acceptors (Lipinski definition) is 8. The molecule has 0 fully saturated rings. The molecule has 0 saturated carbocycles. The first-order valence-corrected chi connectivity index (χ1v) is 18.4. The fourth-order valence-electron chi connectivity index (χ4n) is 4.31. The summed E-state index contributed by atoms with van der Waals surface area (Å²) in [6.45, 7) is 7.57. The Morgan fingerprint density at radius 1 is 0.409 bits per heavy atom. The number of halogens is 4. The van der Waals surface area contributed by atoms with Crippen molar-refractivity contribution >= 4 is 69.3 Å². The summed E-state index contributed by atoms with van der Waals surface area (Å²) in [5.41, 5.74) is 2.19. The van der Waals surface area contributed by atoms with Crippen LogP contribution in [0.2, 0.25) is 0 Å². The van der Waals surface area contributed by atoms with Crippen LogP contribution in [0.15, 0.2) is 58.3 Å². The van der Waals surface area contributed by atoms with Crippen LogP contribution in [-0.2, 0) is 32.8 Å². The van der Waals surface area contributed by atoms with Crippen molar-refractivity contribution in [1.29, 1.82) is 0 Å². The molecule has 0 bridgehead atoms. The van der Waals surface area contributed by atoms with Crippen LogP contribution < -0.4 is 21.3 Å². The predicted octanol–water partition coefficient (Wildman–Crippen LogP) is 5.36. The summed E-state index contributed by atoms with van der Waals surface area (Å²) in [5.74, 6) is 0. The smallest absolute Gasteiger partial charge is 0.175 e. The highest BCUT2D eigenvalue weighted by atomic mass is 35.5. The van der Waals surface area contributed by atoms with Gasteiger partial charge < -0.3 is 21.3 Å². The normalized spacial score (nSPS) is 11.0. The lowest BCUT2D eigenvalue weighted by Crippen LogP contribution is -2.22. The third-order valence-corrected chi connectivity index (χ3v) is 8.99. The molecule has 0 aliphatic carbocycles. The van der Waals surface area contributed by atoms with Gasteiger partial charge in [-0.1, -0.05) is 49.9 Å². The van der Waals surface area contributed by atoms with Gasteiger partial charge in [0.15, 0.2) is 19.7 Å². The van der Waals surface area contributed by atoms with Crippen molar-refractivity contribution in [2.45, 2.75) is 74.2 Å². The summed E-state index contributed by atoms with van der Waals surface area (Å²) in [6.07, 6.45) is 12.2. The van der Waals surface area contributed by atoms with Crippen molar-refractivity contribution in [3.63, 3.8) is 0 Å². The van der Waals surface area contributed by atoms with Crippen molar-refractivity contribution < 1.29 is 16.8 Å². The molecule has 0 amide bonds. The van der Waals surface area contributed by atoms with Crippen molar-refractivity contribution in [3.05, 3.63) is 59.7 Å². The highest BCUT2D eigenvalue weighted by molar-refractivity contribution is 7.91. The standard InChI is InChI=1S/C30H50N4O4S2.4ClH/c1-39(35,36)29-15-11-27(12-16-29)25-33-23-9-21-31-19-7-5-3-4-6-8-20-32-22-10-24-34-26-28-13-17-30(18-14-28)40(2,37)38;;;;/h11-18,31-34H,3-10,19-26H2,1-2H3;4*1H. The quantitative estimate of drug-likeness (QED) is 0.113. The molecule has 0 saturated heterocycles. The maximum Gasteiger partial charge on any atom is 0.175 e. The zero-order valence-corrected chi connectivity index (χ0v) is 30.9. The van der Waals surface area contributed by atoms with Crippen LogP contribution in [0.1, 0.15) is 62.5 Å². The average molecular weight is 741 g/mol. The Morgan fingerprint density at radius 3 is 1.00 bits per heavy atom. The first kappa shape index (κ1) is 47.7. The molecule has 0 radical (unpaired) electrons. The van der Waals surface area contributed by atoms with Crippen molar-refractivity contribution in [3.8, 4) is 0 Å². The van der Waals surface area contributed by atoms with Crippen LogP contribution in [0.3, 0.4) is 0 Å². The second-order valence-corrected chi connectivity index (χ2v) is 14.5. The fourth-order valence-corrected chi connectivity index (χ4v) is 5.57. The first-order valence-electron chi connectivity index (χ1n) is 14.6. The van der Waals surface area contributed by atoms with Gasteiger partial charge in [-0.2, -0.15) is 0 Å². The largest absolute Gasteiger partial charge is 0.317 e. The van der Waals surface area contributed by atoms with Gasteiger partial charge in [-0.25, -0.2) is 16.8 Å². The molecule has 2 aromatic carbocycles. The van der Waals surface area contributed by atoms with E-state index >= 15 is 0 Å².